The van der Waals surface area contributed by atoms with Gasteiger partial charge in [-0.15, -0.1) is 0 Å². The Morgan fingerprint density at radius 1 is 0.482 bits per heavy atom. The molecule has 0 aromatic rings. The second-order valence-corrected chi connectivity index (χ2v) is 21.1. The number of amides is 4. The van der Waals surface area contributed by atoms with Crippen LogP contribution < -0.4 is 31.9 Å². The number of hydrogen-bond acceptors (Lipinski definition) is 9. The molecule has 10 unspecified atom stereocenters. The Morgan fingerprint density at radius 3 is 1.54 bits per heavy atom. The van der Waals surface area contributed by atoms with Gasteiger partial charge in [0, 0.05) is 42.9 Å². The van der Waals surface area contributed by atoms with Crippen LogP contribution in [-0.4, -0.2) is 92.3 Å². The van der Waals surface area contributed by atoms with Crippen LogP contribution in [0.5, 0.6) is 0 Å². The van der Waals surface area contributed by atoms with Gasteiger partial charge in [-0.3, -0.25) is 0 Å². The topological polar surface area (TPSA) is 176 Å². The molecule has 0 saturated heterocycles. The molecule has 56 heavy (non-hydrogen) atoms. The highest BCUT2D eigenvalue weighted by Crippen LogP contribution is 2.34. The van der Waals surface area contributed by atoms with Gasteiger partial charge in [0.1, 0.15) is 12.2 Å². The van der Waals surface area contributed by atoms with Crippen LogP contribution in [-0.2, 0) is 19.3 Å². The SMILES string of the molecule is CC1CCC(NC(=O)OC2CCCCC2)CC1NCNC1CCCC(S(=O)(=O)C2CCCC(NC(=O)NC3CC(NC(=O)OC4CCCCC4)CCC3C)C2)C1. The van der Waals surface area contributed by atoms with E-state index in [1.165, 1.54) is 12.8 Å². The molecule has 0 radical (unpaired) electrons. The van der Waals surface area contributed by atoms with E-state index in [0.29, 0.717) is 44.7 Å². The summed E-state index contributed by atoms with van der Waals surface area (Å²) in [6.07, 6.45) is 21.1. The zero-order valence-corrected chi connectivity index (χ0v) is 35.2. The van der Waals surface area contributed by atoms with Crippen LogP contribution in [0.15, 0.2) is 0 Å². The number of sulfone groups is 1. The van der Waals surface area contributed by atoms with Crippen LogP contribution >= 0.6 is 0 Å². The number of alkyl carbamates (subject to hydrolysis) is 2. The molecule has 0 aromatic carbocycles. The first kappa shape index (κ1) is 43.3. The molecule has 13 nitrogen and oxygen atoms in total. The Hall–Kier alpha value is -2.32. The minimum Gasteiger partial charge on any atom is -0.446 e. The van der Waals surface area contributed by atoms with Crippen molar-refractivity contribution in [1.82, 2.24) is 31.9 Å². The van der Waals surface area contributed by atoms with Gasteiger partial charge in [-0.05, 0) is 140 Å². The number of nitrogens with one attached hydrogen (secondary N) is 6. The van der Waals surface area contributed by atoms with Crippen molar-refractivity contribution in [2.24, 2.45) is 11.8 Å². The molecule has 0 heterocycles. The number of urea groups is 1. The molecule has 6 aliphatic rings. The summed E-state index contributed by atoms with van der Waals surface area (Å²) in [5.41, 5.74) is 0. The Bertz CT molecular complexity index is 1370. The summed E-state index contributed by atoms with van der Waals surface area (Å²) in [6.45, 7) is 5.00. The first-order chi connectivity index (χ1) is 27.0. The second kappa shape index (κ2) is 21.1. The lowest BCUT2D eigenvalue weighted by Gasteiger charge is -2.37. The predicted molar refractivity (Wildman–Crippen MR) is 218 cm³/mol. The van der Waals surface area contributed by atoms with Gasteiger partial charge in [-0.1, -0.05) is 39.5 Å². The molecule has 6 fully saturated rings. The van der Waals surface area contributed by atoms with Crippen LogP contribution in [0.4, 0.5) is 14.4 Å². The van der Waals surface area contributed by atoms with Crippen molar-refractivity contribution in [3.05, 3.63) is 0 Å². The quantitative estimate of drug-likeness (QED) is 0.117. The minimum atomic E-state index is -3.37. The third kappa shape index (κ3) is 12.8. The summed E-state index contributed by atoms with van der Waals surface area (Å²) in [7, 11) is -3.37. The number of rotatable bonds is 12. The summed E-state index contributed by atoms with van der Waals surface area (Å²) in [4.78, 5) is 38.5. The highest BCUT2D eigenvalue weighted by Gasteiger charge is 2.40. The Balaban J connectivity index is 0.904. The first-order valence-corrected chi connectivity index (χ1v) is 24.3. The summed E-state index contributed by atoms with van der Waals surface area (Å²) >= 11 is 0. The summed E-state index contributed by atoms with van der Waals surface area (Å²) in [5, 5.41) is 19.0. The fourth-order valence-electron chi connectivity index (χ4n) is 10.7. The fourth-order valence-corrected chi connectivity index (χ4v) is 13.2. The average Bonchev–Trinajstić information content (AvgIpc) is 3.18. The van der Waals surface area contributed by atoms with Crippen LogP contribution in [0.1, 0.15) is 168 Å². The third-order valence-electron chi connectivity index (χ3n) is 14.3. The highest BCUT2D eigenvalue weighted by atomic mass is 32.2. The summed E-state index contributed by atoms with van der Waals surface area (Å²) in [5.74, 6) is 0.761. The van der Waals surface area contributed by atoms with Crippen molar-refractivity contribution in [3.8, 4) is 0 Å². The van der Waals surface area contributed by atoms with Gasteiger partial charge in [0.25, 0.3) is 0 Å². The lowest BCUT2D eigenvalue weighted by atomic mass is 9.83. The zero-order chi connectivity index (χ0) is 39.5. The Labute approximate surface area is 336 Å². The van der Waals surface area contributed by atoms with Crippen molar-refractivity contribution >= 4 is 28.1 Å². The number of ether oxygens (including phenoxy) is 2. The van der Waals surface area contributed by atoms with E-state index in [9.17, 15) is 22.8 Å². The molecule has 6 rings (SSSR count). The molecule has 6 aliphatic carbocycles. The molecular formula is C42H74N6O7S. The van der Waals surface area contributed by atoms with Gasteiger partial charge in [0.2, 0.25) is 0 Å². The van der Waals surface area contributed by atoms with E-state index in [1.807, 2.05) is 0 Å². The second-order valence-electron chi connectivity index (χ2n) is 18.6. The zero-order valence-electron chi connectivity index (χ0n) is 34.4. The van der Waals surface area contributed by atoms with Gasteiger partial charge >= 0.3 is 18.2 Å². The lowest BCUT2D eigenvalue weighted by Crippen LogP contribution is -2.54. The summed E-state index contributed by atoms with van der Waals surface area (Å²) < 4.78 is 39.6. The monoisotopic (exact) mass is 807 g/mol. The maximum absolute atomic E-state index is 14.1. The molecule has 320 valence electrons. The van der Waals surface area contributed by atoms with Crippen molar-refractivity contribution in [2.75, 3.05) is 6.67 Å². The van der Waals surface area contributed by atoms with Crippen molar-refractivity contribution in [3.63, 3.8) is 0 Å². The van der Waals surface area contributed by atoms with Crippen LogP contribution in [0, 0.1) is 11.8 Å². The van der Waals surface area contributed by atoms with E-state index in [0.717, 1.165) is 109 Å². The van der Waals surface area contributed by atoms with E-state index in [4.69, 9.17) is 9.47 Å². The molecule has 0 aliphatic heterocycles. The van der Waals surface area contributed by atoms with E-state index >= 15 is 0 Å². The number of carbonyl (C=O) groups is 3. The van der Waals surface area contributed by atoms with Crippen molar-refractivity contribution < 1.29 is 32.3 Å². The fraction of sp³-hybridized carbons (Fsp3) is 0.929. The normalized spacial score (nSPS) is 35.1. The summed E-state index contributed by atoms with van der Waals surface area (Å²) in [6, 6.07) is -0.0823. The highest BCUT2D eigenvalue weighted by molar-refractivity contribution is 7.92. The van der Waals surface area contributed by atoms with Crippen molar-refractivity contribution in [2.45, 2.75) is 227 Å². The molecule has 0 bridgehead atoms. The number of hydrogen-bond donors (Lipinski definition) is 6. The van der Waals surface area contributed by atoms with Gasteiger partial charge in [0.15, 0.2) is 9.84 Å². The van der Waals surface area contributed by atoms with Crippen LogP contribution in [0.25, 0.3) is 0 Å². The largest absolute Gasteiger partial charge is 0.446 e. The molecular weight excluding hydrogens is 733 g/mol. The molecule has 4 amide bonds. The standard InChI is InChI=1S/C42H74N6O7S/c1-28-19-21-32(46-41(50)54-34-13-5-3-6-14-34)25-38(28)44-27-43-30-11-9-17-36(23-30)56(52,53)37-18-10-12-31(24-37)45-40(49)48-39-26-33(22-20-29(39)2)47-42(51)55-35-15-7-4-8-16-35/h28-39,43-44H,3-27H2,1-2H3,(H,46,50)(H,47,51)(H2,45,48,49). The van der Waals surface area contributed by atoms with E-state index in [-0.39, 0.29) is 77.8 Å². The van der Waals surface area contributed by atoms with E-state index in [1.54, 1.807) is 0 Å². The molecule has 14 heteroatoms. The number of carbonyl (C=O) groups excluding carboxylic acids is 3. The van der Waals surface area contributed by atoms with E-state index < -0.39 is 15.1 Å². The maximum atomic E-state index is 14.1. The molecule has 0 spiro atoms. The lowest BCUT2D eigenvalue weighted by molar-refractivity contribution is 0.0692. The van der Waals surface area contributed by atoms with Crippen molar-refractivity contribution in [1.29, 1.82) is 0 Å². The van der Waals surface area contributed by atoms with Gasteiger partial charge in [-0.2, -0.15) is 0 Å². The van der Waals surface area contributed by atoms with Gasteiger partial charge in [-0.25, -0.2) is 22.8 Å². The molecule has 10 atom stereocenters. The van der Waals surface area contributed by atoms with E-state index in [2.05, 4.69) is 45.7 Å². The first-order valence-electron chi connectivity index (χ1n) is 22.7. The van der Waals surface area contributed by atoms with Crippen LogP contribution in [0.3, 0.4) is 0 Å². The smallest absolute Gasteiger partial charge is 0.407 e. The Kier molecular flexibility index (Phi) is 16.3. The predicted octanol–water partition coefficient (Wildman–Crippen LogP) is 6.69. The average molecular weight is 807 g/mol. The maximum Gasteiger partial charge on any atom is 0.407 e. The third-order valence-corrected chi connectivity index (χ3v) is 17.0. The Morgan fingerprint density at radius 2 is 0.964 bits per heavy atom. The van der Waals surface area contributed by atoms with Gasteiger partial charge < -0.3 is 41.4 Å². The molecule has 6 N–H and O–H groups in total. The molecule has 0 aromatic heterocycles. The van der Waals surface area contributed by atoms with Gasteiger partial charge in [0.05, 0.1) is 10.5 Å². The minimum absolute atomic E-state index is 0.00606. The van der Waals surface area contributed by atoms with Crippen LogP contribution in [0.2, 0.25) is 0 Å². The molecule has 6 saturated carbocycles.